The number of carbonyl (C=O) groups is 2. The van der Waals surface area contributed by atoms with E-state index < -0.39 is 0 Å². The quantitative estimate of drug-likeness (QED) is 0.813. The first kappa shape index (κ1) is 16.3. The molecule has 0 radical (unpaired) electrons. The van der Waals surface area contributed by atoms with Crippen molar-refractivity contribution in [2.24, 2.45) is 11.8 Å². The molecule has 22 heavy (non-hydrogen) atoms. The third-order valence-electron chi connectivity index (χ3n) is 3.52. The number of hydrogen-bond acceptors (Lipinski definition) is 3. The van der Waals surface area contributed by atoms with Crippen LogP contribution in [0.15, 0.2) is 24.3 Å². The fourth-order valence-corrected chi connectivity index (χ4v) is 2.31. The van der Waals surface area contributed by atoms with E-state index >= 15 is 0 Å². The van der Waals surface area contributed by atoms with Crippen LogP contribution in [0.1, 0.15) is 33.6 Å². The fourth-order valence-electron chi connectivity index (χ4n) is 2.31. The molecule has 2 rings (SSSR count). The van der Waals surface area contributed by atoms with Gasteiger partial charge in [-0.1, -0.05) is 19.1 Å². The maximum atomic E-state index is 12.3. The summed E-state index contributed by atoms with van der Waals surface area (Å²) in [5, 5.41) is 5.71. The molecule has 1 fully saturated rings. The lowest BCUT2D eigenvalue weighted by Gasteiger charge is -2.14. The van der Waals surface area contributed by atoms with E-state index in [0.29, 0.717) is 24.4 Å². The topological polar surface area (TPSA) is 67.4 Å². The molecule has 0 aromatic heterocycles. The van der Waals surface area contributed by atoms with Crippen molar-refractivity contribution in [3.05, 3.63) is 24.3 Å². The Morgan fingerprint density at radius 2 is 1.91 bits per heavy atom. The number of para-hydroxylation sites is 2. The van der Waals surface area contributed by atoms with Crippen LogP contribution in [0, 0.1) is 11.8 Å². The van der Waals surface area contributed by atoms with Gasteiger partial charge in [-0.15, -0.1) is 0 Å². The zero-order chi connectivity index (χ0) is 16.1. The molecule has 0 heterocycles. The minimum absolute atomic E-state index is 0.0197. The number of nitrogens with one attached hydrogen (secondary N) is 2. The third kappa shape index (κ3) is 4.23. The molecule has 1 aromatic carbocycles. The highest BCUT2D eigenvalue weighted by Crippen LogP contribution is 2.40. The Morgan fingerprint density at radius 1 is 1.23 bits per heavy atom. The monoisotopic (exact) mass is 304 g/mol. The van der Waals surface area contributed by atoms with Crippen molar-refractivity contribution in [2.75, 3.05) is 11.9 Å². The number of carbonyl (C=O) groups excluding carboxylic acids is 2. The minimum atomic E-state index is -0.232. The van der Waals surface area contributed by atoms with Crippen molar-refractivity contribution in [3.63, 3.8) is 0 Å². The smallest absolute Gasteiger partial charge is 0.228 e. The molecule has 2 N–H and O–H groups in total. The largest absolute Gasteiger partial charge is 0.489 e. The lowest BCUT2D eigenvalue weighted by atomic mass is 10.2. The van der Waals surface area contributed by atoms with Crippen LogP contribution in [-0.4, -0.2) is 24.5 Å². The van der Waals surface area contributed by atoms with E-state index in [9.17, 15) is 9.59 Å². The van der Waals surface area contributed by atoms with Crippen molar-refractivity contribution < 1.29 is 14.3 Å². The van der Waals surface area contributed by atoms with Crippen molar-refractivity contribution in [1.29, 1.82) is 0 Å². The molecular weight excluding hydrogens is 280 g/mol. The molecule has 2 amide bonds. The summed E-state index contributed by atoms with van der Waals surface area (Å²) in [7, 11) is 0. The zero-order valence-electron chi connectivity index (χ0n) is 13.4. The molecule has 0 spiro atoms. The highest BCUT2D eigenvalue weighted by atomic mass is 16.5. The highest BCUT2D eigenvalue weighted by molar-refractivity contribution is 6.00. The Kier molecular flexibility index (Phi) is 5.41. The molecule has 0 bridgehead atoms. The van der Waals surface area contributed by atoms with Gasteiger partial charge in [-0.25, -0.2) is 0 Å². The predicted molar refractivity (Wildman–Crippen MR) is 85.7 cm³/mol. The summed E-state index contributed by atoms with van der Waals surface area (Å²) in [6.07, 6.45) is 1.55. The first-order chi connectivity index (χ1) is 10.5. The SMILES string of the molecule is CCCNC(=O)C1CC1C(=O)Nc1ccccc1OC(C)C. The number of benzene rings is 1. The zero-order valence-corrected chi connectivity index (χ0v) is 13.4. The van der Waals surface area contributed by atoms with E-state index in [2.05, 4.69) is 10.6 Å². The summed E-state index contributed by atoms with van der Waals surface area (Å²) < 4.78 is 5.68. The Labute approximate surface area is 131 Å². The standard InChI is InChI=1S/C17H24N2O3/c1-4-9-18-16(20)12-10-13(12)17(21)19-14-7-5-6-8-15(14)22-11(2)3/h5-8,11-13H,4,9-10H2,1-3H3,(H,18,20)(H,19,21). The van der Waals surface area contributed by atoms with E-state index in [1.54, 1.807) is 0 Å². The molecule has 1 saturated carbocycles. The van der Waals surface area contributed by atoms with Gasteiger partial charge in [0.1, 0.15) is 5.75 Å². The first-order valence-corrected chi connectivity index (χ1v) is 7.87. The Morgan fingerprint density at radius 3 is 2.59 bits per heavy atom. The highest BCUT2D eigenvalue weighted by Gasteiger charge is 2.47. The second-order valence-corrected chi connectivity index (χ2v) is 5.89. The van der Waals surface area contributed by atoms with Gasteiger partial charge in [0.05, 0.1) is 23.6 Å². The first-order valence-electron chi connectivity index (χ1n) is 7.87. The van der Waals surface area contributed by atoms with Crippen LogP contribution >= 0.6 is 0 Å². The minimum Gasteiger partial charge on any atom is -0.489 e. The third-order valence-corrected chi connectivity index (χ3v) is 3.52. The van der Waals surface area contributed by atoms with Crippen molar-refractivity contribution >= 4 is 17.5 Å². The van der Waals surface area contributed by atoms with Gasteiger partial charge >= 0.3 is 0 Å². The van der Waals surface area contributed by atoms with E-state index in [0.717, 1.165) is 6.42 Å². The molecule has 1 aromatic rings. The average Bonchev–Trinajstić information content (AvgIpc) is 3.27. The summed E-state index contributed by atoms with van der Waals surface area (Å²) >= 11 is 0. The maximum Gasteiger partial charge on any atom is 0.228 e. The lowest BCUT2D eigenvalue weighted by Crippen LogP contribution is -2.28. The van der Waals surface area contributed by atoms with Crippen LogP contribution < -0.4 is 15.4 Å². The van der Waals surface area contributed by atoms with Gasteiger partial charge in [0.15, 0.2) is 0 Å². The summed E-state index contributed by atoms with van der Waals surface area (Å²) in [5.41, 5.74) is 0.654. The second-order valence-electron chi connectivity index (χ2n) is 5.89. The average molecular weight is 304 g/mol. The van der Waals surface area contributed by atoms with E-state index in [4.69, 9.17) is 4.74 Å². The van der Waals surface area contributed by atoms with Gasteiger partial charge in [-0.05, 0) is 38.8 Å². The van der Waals surface area contributed by atoms with Crippen molar-refractivity contribution in [1.82, 2.24) is 5.32 Å². The van der Waals surface area contributed by atoms with Crippen molar-refractivity contribution in [2.45, 2.75) is 39.7 Å². The number of hydrogen-bond donors (Lipinski definition) is 2. The molecular formula is C17H24N2O3. The predicted octanol–water partition coefficient (Wildman–Crippen LogP) is 2.57. The lowest BCUT2D eigenvalue weighted by molar-refractivity contribution is -0.125. The van der Waals surface area contributed by atoms with Gasteiger partial charge in [-0.2, -0.15) is 0 Å². The molecule has 120 valence electrons. The van der Waals surface area contributed by atoms with Gasteiger partial charge < -0.3 is 15.4 Å². The second kappa shape index (κ2) is 7.29. The fraction of sp³-hybridized carbons (Fsp3) is 0.529. The molecule has 2 unspecified atom stereocenters. The Hall–Kier alpha value is -2.04. The normalized spacial score (nSPS) is 19.6. The van der Waals surface area contributed by atoms with Gasteiger partial charge in [-0.3, -0.25) is 9.59 Å². The van der Waals surface area contributed by atoms with E-state index in [1.807, 2.05) is 45.0 Å². The maximum absolute atomic E-state index is 12.3. The summed E-state index contributed by atoms with van der Waals surface area (Å²) in [5.74, 6) is 0.0948. The van der Waals surface area contributed by atoms with Crippen LogP contribution in [0.25, 0.3) is 0 Å². The molecule has 1 aliphatic rings. The van der Waals surface area contributed by atoms with E-state index in [-0.39, 0.29) is 29.8 Å². The van der Waals surface area contributed by atoms with E-state index in [1.165, 1.54) is 0 Å². The summed E-state index contributed by atoms with van der Waals surface area (Å²) in [6, 6.07) is 7.35. The number of ether oxygens (including phenoxy) is 1. The van der Waals surface area contributed by atoms with Crippen LogP contribution in [-0.2, 0) is 9.59 Å². The molecule has 1 aliphatic carbocycles. The molecule has 0 aliphatic heterocycles. The van der Waals surface area contributed by atoms with Crippen molar-refractivity contribution in [3.8, 4) is 5.75 Å². The number of anilines is 1. The number of amides is 2. The Balaban J connectivity index is 1.92. The molecule has 5 nitrogen and oxygen atoms in total. The summed E-state index contributed by atoms with van der Waals surface area (Å²) in [4.78, 5) is 24.1. The Bertz CT molecular complexity index is 542. The molecule has 5 heteroatoms. The van der Waals surface area contributed by atoms with Crippen LogP contribution in [0.2, 0.25) is 0 Å². The number of rotatable bonds is 7. The summed E-state index contributed by atoms with van der Waals surface area (Å²) in [6.45, 7) is 6.54. The van der Waals surface area contributed by atoms with Crippen LogP contribution in [0.3, 0.4) is 0 Å². The molecule has 2 atom stereocenters. The van der Waals surface area contributed by atoms with Crippen LogP contribution in [0.4, 0.5) is 5.69 Å². The van der Waals surface area contributed by atoms with Gasteiger partial charge in [0, 0.05) is 6.54 Å². The van der Waals surface area contributed by atoms with Gasteiger partial charge in [0.2, 0.25) is 11.8 Å². The molecule has 0 saturated heterocycles. The van der Waals surface area contributed by atoms with Gasteiger partial charge in [0.25, 0.3) is 0 Å². The van der Waals surface area contributed by atoms with Crippen LogP contribution in [0.5, 0.6) is 5.75 Å².